The molecular formula is C12H14N2O2. The largest absolute Gasteiger partial charge is 0.396 e. The van der Waals surface area contributed by atoms with E-state index >= 15 is 0 Å². The van der Waals surface area contributed by atoms with Crippen LogP contribution in [0.15, 0.2) is 30.5 Å². The second-order valence-electron chi connectivity index (χ2n) is 3.69. The molecule has 0 aliphatic rings. The van der Waals surface area contributed by atoms with Crippen LogP contribution in [0.3, 0.4) is 0 Å². The van der Waals surface area contributed by atoms with Gasteiger partial charge in [0.25, 0.3) is 5.91 Å². The molecule has 0 unspecified atom stereocenters. The Balaban J connectivity index is 2.54. The summed E-state index contributed by atoms with van der Waals surface area (Å²) in [6.07, 6.45) is 2.57. The normalized spacial score (nSPS) is 10.8. The van der Waals surface area contributed by atoms with Crippen molar-refractivity contribution in [3.8, 4) is 0 Å². The smallest absolute Gasteiger partial charge is 0.250 e. The highest BCUT2D eigenvalue weighted by atomic mass is 16.3. The van der Waals surface area contributed by atoms with Crippen LogP contribution in [-0.2, 0) is 6.54 Å². The highest BCUT2D eigenvalue weighted by molar-refractivity contribution is 6.05. The highest BCUT2D eigenvalue weighted by Gasteiger charge is 2.09. The van der Waals surface area contributed by atoms with Crippen molar-refractivity contribution in [2.45, 2.75) is 13.0 Å². The van der Waals surface area contributed by atoms with Gasteiger partial charge in [-0.2, -0.15) is 0 Å². The van der Waals surface area contributed by atoms with Crippen molar-refractivity contribution in [1.29, 1.82) is 0 Å². The lowest BCUT2D eigenvalue weighted by Gasteiger charge is -2.06. The number of carbonyl (C=O) groups excluding carboxylic acids is 1. The van der Waals surface area contributed by atoms with Crippen molar-refractivity contribution in [2.24, 2.45) is 5.73 Å². The molecule has 4 heteroatoms. The molecule has 84 valence electrons. The second kappa shape index (κ2) is 4.37. The Morgan fingerprint density at radius 2 is 2.19 bits per heavy atom. The number of aliphatic hydroxyl groups is 1. The van der Waals surface area contributed by atoms with E-state index in [0.717, 1.165) is 10.9 Å². The molecule has 0 saturated heterocycles. The number of para-hydroxylation sites is 1. The molecule has 0 spiro atoms. The highest BCUT2D eigenvalue weighted by Crippen LogP contribution is 2.20. The van der Waals surface area contributed by atoms with E-state index in [1.165, 1.54) is 0 Å². The fourth-order valence-electron chi connectivity index (χ4n) is 1.89. The van der Waals surface area contributed by atoms with E-state index < -0.39 is 5.91 Å². The van der Waals surface area contributed by atoms with Gasteiger partial charge >= 0.3 is 0 Å². The van der Waals surface area contributed by atoms with Crippen LogP contribution in [0.5, 0.6) is 0 Å². The number of aliphatic hydroxyl groups excluding tert-OH is 1. The van der Waals surface area contributed by atoms with Gasteiger partial charge in [0.2, 0.25) is 0 Å². The fraction of sp³-hybridized carbons (Fsp3) is 0.250. The number of hydrogen-bond donors (Lipinski definition) is 2. The molecule has 1 aromatic heterocycles. The number of nitrogens with zero attached hydrogens (tertiary/aromatic N) is 1. The quantitative estimate of drug-likeness (QED) is 0.807. The van der Waals surface area contributed by atoms with Crippen LogP contribution in [0.4, 0.5) is 0 Å². The van der Waals surface area contributed by atoms with E-state index in [1.54, 1.807) is 6.07 Å². The Morgan fingerprint density at radius 1 is 1.38 bits per heavy atom. The number of aryl methyl sites for hydroxylation is 1. The fourth-order valence-corrected chi connectivity index (χ4v) is 1.89. The number of hydrogen-bond acceptors (Lipinski definition) is 2. The van der Waals surface area contributed by atoms with Crippen LogP contribution in [0.25, 0.3) is 10.9 Å². The van der Waals surface area contributed by atoms with Gasteiger partial charge in [-0.3, -0.25) is 4.79 Å². The first kappa shape index (κ1) is 10.7. The number of rotatable bonds is 4. The lowest BCUT2D eigenvalue weighted by atomic mass is 10.1. The summed E-state index contributed by atoms with van der Waals surface area (Å²) in [5, 5.41) is 9.81. The van der Waals surface area contributed by atoms with Gasteiger partial charge in [0, 0.05) is 24.7 Å². The number of primary amides is 1. The lowest BCUT2D eigenvalue weighted by Crippen LogP contribution is -2.13. The van der Waals surface area contributed by atoms with Crippen LogP contribution >= 0.6 is 0 Å². The average Bonchev–Trinajstić information content (AvgIpc) is 2.69. The van der Waals surface area contributed by atoms with Crippen molar-refractivity contribution < 1.29 is 9.90 Å². The minimum absolute atomic E-state index is 0.137. The third-order valence-electron chi connectivity index (χ3n) is 2.61. The molecule has 0 saturated carbocycles. The molecule has 2 rings (SSSR count). The monoisotopic (exact) mass is 218 g/mol. The van der Waals surface area contributed by atoms with E-state index in [9.17, 15) is 4.79 Å². The van der Waals surface area contributed by atoms with Crippen molar-refractivity contribution in [3.05, 3.63) is 36.0 Å². The summed E-state index contributed by atoms with van der Waals surface area (Å²) in [5.41, 5.74) is 6.71. The Kier molecular flexibility index (Phi) is 2.92. The van der Waals surface area contributed by atoms with Gasteiger partial charge in [-0.25, -0.2) is 0 Å². The molecule has 0 aliphatic carbocycles. The topological polar surface area (TPSA) is 68.2 Å². The van der Waals surface area contributed by atoms with E-state index in [4.69, 9.17) is 10.8 Å². The molecule has 16 heavy (non-hydrogen) atoms. The van der Waals surface area contributed by atoms with E-state index in [1.807, 2.05) is 29.0 Å². The zero-order valence-electron chi connectivity index (χ0n) is 8.89. The summed E-state index contributed by atoms with van der Waals surface area (Å²) >= 11 is 0. The Hall–Kier alpha value is -1.81. The molecular weight excluding hydrogens is 204 g/mol. The van der Waals surface area contributed by atoms with Crippen LogP contribution in [0, 0.1) is 0 Å². The maximum absolute atomic E-state index is 11.3. The number of aromatic nitrogens is 1. The molecule has 3 N–H and O–H groups in total. The minimum atomic E-state index is -0.422. The maximum Gasteiger partial charge on any atom is 0.250 e. The predicted octanol–water partition coefficient (Wildman–Crippen LogP) is 1.12. The summed E-state index contributed by atoms with van der Waals surface area (Å²) in [6.45, 7) is 0.822. The third kappa shape index (κ3) is 1.79. The van der Waals surface area contributed by atoms with Crippen molar-refractivity contribution >= 4 is 16.8 Å². The molecule has 4 nitrogen and oxygen atoms in total. The van der Waals surface area contributed by atoms with Gasteiger partial charge in [-0.15, -0.1) is 0 Å². The summed E-state index contributed by atoms with van der Waals surface area (Å²) in [7, 11) is 0. The zero-order valence-corrected chi connectivity index (χ0v) is 8.89. The van der Waals surface area contributed by atoms with E-state index in [2.05, 4.69) is 0 Å². The Labute approximate surface area is 93.3 Å². The number of amides is 1. The third-order valence-corrected chi connectivity index (χ3v) is 2.61. The molecule has 2 aromatic rings. The maximum atomic E-state index is 11.3. The summed E-state index contributed by atoms with van der Waals surface area (Å²) in [4.78, 5) is 11.3. The van der Waals surface area contributed by atoms with Gasteiger partial charge < -0.3 is 15.4 Å². The second-order valence-corrected chi connectivity index (χ2v) is 3.69. The first-order chi connectivity index (χ1) is 7.74. The van der Waals surface area contributed by atoms with Gasteiger partial charge in [0.05, 0.1) is 11.1 Å². The molecule has 0 atom stereocenters. The number of carbonyl (C=O) groups is 1. The first-order valence-corrected chi connectivity index (χ1v) is 5.22. The van der Waals surface area contributed by atoms with Gasteiger partial charge in [0.15, 0.2) is 0 Å². The van der Waals surface area contributed by atoms with Crippen LogP contribution in [0.1, 0.15) is 16.8 Å². The Bertz CT molecular complexity index is 517. The average molecular weight is 218 g/mol. The van der Waals surface area contributed by atoms with E-state index in [-0.39, 0.29) is 6.61 Å². The van der Waals surface area contributed by atoms with Crippen LogP contribution in [-0.4, -0.2) is 22.2 Å². The van der Waals surface area contributed by atoms with Crippen LogP contribution in [0.2, 0.25) is 0 Å². The van der Waals surface area contributed by atoms with E-state index in [0.29, 0.717) is 18.5 Å². The molecule has 1 amide bonds. The lowest BCUT2D eigenvalue weighted by molar-refractivity contribution is 0.100. The van der Waals surface area contributed by atoms with Crippen molar-refractivity contribution in [2.75, 3.05) is 6.61 Å². The summed E-state index contributed by atoms with van der Waals surface area (Å²) in [5.74, 6) is -0.422. The zero-order chi connectivity index (χ0) is 11.5. The predicted molar refractivity (Wildman–Crippen MR) is 62.2 cm³/mol. The van der Waals surface area contributed by atoms with Crippen LogP contribution < -0.4 is 5.73 Å². The number of benzene rings is 1. The van der Waals surface area contributed by atoms with Crippen molar-refractivity contribution in [1.82, 2.24) is 4.57 Å². The number of nitrogens with two attached hydrogens (primary N) is 1. The minimum Gasteiger partial charge on any atom is -0.396 e. The molecule has 0 aliphatic heterocycles. The van der Waals surface area contributed by atoms with Gasteiger partial charge in [-0.05, 0) is 18.6 Å². The number of fused-ring (bicyclic) bond motifs is 1. The van der Waals surface area contributed by atoms with Gasteiger partial charge in [0.1, 0.15) is 0 Å². The summed E-state index contributed by atoms with van der Waals surface area (Å²) in [6, 6.07) is 7.43. The standard InChI is InChI=1S/C12H14N2O2/c13-12(16)10-4-1-3-9-5-7-14(11(9)10)6-2-8-15/h1,3-5,7,15H,2,6,8H2,(H2,13,16). The molecule has 0 fully saturated rings. The van der Waals surface area contributed by atoms with Gasteiger partial charge in [-0.1, -0.05) is 12.1 Å². The SMILES string of the molecule is NC(=O)c1cccc2ccn(CCCO)c12. The van der Waals surface area contributed by atoms with Crippen molar-refractivity contribution in [3.63, 3.8) is 0 Å². The molecule has 0 bridgehead atoms. The molecule has 1 aromatic carbocycles. The molecule has 0 radical (unpaired) electrons. The first-order valence-electron chi connectivity index (χ1n) is 5.22. The Morgan fingerprint density at radius 3 is 2.88 bits per heavy atom. The summed E-state index contributed by atoms with van der Waals surface area (Å²) < 4.78 is 1.95. The molecule has 1 heterocycles.